The van der Waals surface area contributed by atoms with Gasteiger partial charge in [-0.15, -0.1) is 0 Å². The Balaban J connectivity index is 1.65. The van der Waals surface area contributed by atoms with Crippen LogP contribution in [0.15, 0.2) is 30.3 Å². The molecule has 96 valence electrons. The van der Waals surface area contributed by atoms with Gasteiger partial charge in [0.05, 0.1) is 6.04 Å². The molecule has 2 unspecified atom stereocenters. The number of amides is 2. The highest BCUT2D eigenvalue weighted by atomic mass is 16.7. The zero-order chi connectivity index (χ0) is 12.5. The number of hydrogen-bond donors (Lipinski definition) is 0. The van der Waals surface area contributed by atoms with Crippen LogP contribution in [0, 0.1) is 0 Å². The molecule has 2 amide bonds. The van der Waals surface area contributed by atoms with Gasteiger partial charge in [0.15, 0.2) is 0 Å². The molecule has 18 heavy (non-hydrogen) atoms. The lowest BCUT2D eigenvalue weighted by molar-refractivity contribution is -0.140. The highest BCUT2D eigenvalue weighted by Gasteiger charge is 2.43. The molecule has 1 aromatic carbocycles. The summed E-state index contributed by atoms with van der Waals surface area (Å²) in [6, 6.07) is 10.6. The Kier molecular flexibility index (Phi) is 2.96. The molecular formula is C14H18N2O2. The maximum absolute atomic E-state index is 12.1. The Hall–Kier alpha value is -1.55. The summed E-state index contributed by atoms with van der Waals surface area (Å²) in [6.45, 7) is 3.38. The number of hydrogen-bond acceptors (Lipinski definition) is 2. The molecule has 2 atom stereocenters. The first-order chi connectivity index (χ1) is 8.75. The fourth-order valence-corrected chi connectivity index (χ4v) is 2.71. The normalized spacial score (nSPS) is 26.8. The second-order valence-corrected chi connectivity index (χ2v) is 5.10. The fourth-order valence-electron chi connectivity index (χ4n) is 2.71. The molecule has 0 aromatic heterocycles. The van der Waals surface area contributed by atoms with E-state index < -0.39 is 0 Å². The van der Waals surface area contributed by atoms with Gasteiger partial charge in [-0.3, -0.25) is 4.84 Å². The Morgan fingerprint density at radius 1 is 1.28 bits per heavy atom. The van der Waals surface area contributed by atoms with Gasteiger partial charge in [0.2, 0.25) is 0 Å². The van der Waals surface area contributed by atoms with Crippen molar-refractivity contribution in [2.24, 2.45) is 0 Å². The summed E-state index contributed by atoms with van der Waals surface area (Å²) >= 11 is 0. The minimum absolute atomic E-state index is 0.0286. The minimum Gasteiger partial charge on any atom is -0.318 e. The summed E-state index contributed by atoms with van der Waals surface area (Å²) in [7, 11) is 0. The highest BCUT2D eigenvalue weighted by Crippen LogP contribution is 2.29. The summed E-state index contributed by atoms with van der Waals surface area (Å²) in [5.74, 6) is 0. The number of fused-ring (bicyclic) bond motifs is 2. The molecule has 0 saturated carbocycles. The van der Waals surface area contributed by atoms with Crippen LogP contribution in [0.5, 0.6) is 0 Å². The number of carbonyl (C=O) groups excluding carboxylic acids is 1. The van der Waals surface area contributed by atoms with E-state index in [0.717, 1.165) is 24.9 Å². The van der Waals surface area contributed by atoms with Crippen molar-refractivity contribution in [2.75, 3.05) is 6.54 Å². The van der Waals surface area contributed by atoms with Gasteiger partial charge in [-0.1, -0.05) is 30.3 Å². The third kappa shape index (κ3) is 1.97. The number of hydroxylamine groups is 2. The molecule has 0 N–H and O–H groups in total. The molecule has 2 aliphatic rings. The number of benzene rings is 1. The van der Waals surface area contributed by atoms with Gasteiger partial charge in [0.25, 0.3) is 0 Å². The number of piperidine rings is 1. The van der Waals surface area contributed by atoms with Gasteiger partial charge < -0.3 is 4.90 Å². The van der Waals surface area contributed by atoms with Crippen LogP contribution in [-0.2, 0) is 11.4 Å². The summed E-state index contributed by atoms with van der Waals surface area (Å²) in [5, 5.41) is 1.58. The van der Waals surface area contributed by atoms with Gasteiger partial charge in [0.1, 0.15) is 6.61 Å². The molecule has 0 spiro atoms. The standard InChI is InChI=1S/C14H18N2O2/c1-11-7-8-13-9-15(11)14(17)16(13)18-10-12-5-3-2-4-6-12/h2-6,11,13H,7-10H2,1H3. The number of urea groups is 1. The van der Waals surface area contributed by atoms with E-state index in [1.807, 2.05) is 35.2 Å². The predicted octanol–water partition coefficient (Wildman–Crippen LogP) is 2.41. The van der Waals surface area contributed by atoms with Crippen LogP contribution in [0.1, 0.15) is 25.3 Å². The molecule has 2 fully saturated rings. The van der Waals surface area contributed by atoms with Crippen LogP contribution in [0.3, 0.4) is 0 Å². The second-order valence-electron chi connectivity index (χ2n) is 5.10. The average molecular weight is 246 g/mol. The molecule has 0 aliphatic carbocycles. The molecule has 2 bridgehead atoms. The molecular weight excluding hydrogens is 228 g/mol. The van der Waals surface area contributed by atoms with Crippen molar-refractivity contribution in [2.45, 2.75) is 38.5 Å². The Morgan fingerprint density at radius 2 is 2.06 bits per heavy atom. The molecule has 0 radical (unpaired) electrons. The van der Waals surface area contributed by atoms with Crippen LogP contribution < -0.4 is 0 Å². The average Bonchev–Trinajstić information content (AvgIpc) is 2.67. The van der Waals surface area contributed by atoms with Crippen molar-refractivity contribution < 1.29 is 9.63 Å². The van der Waals surface area contributed by atoms with Gasteiger partial charge in [-0.25, -0.2) is 4.79 Å². The van der Waals surface area contributed by atoms with E-state index >= 15 is 0 Å². The molecule has 4 nitrogen and oxygen atoms in total. The van der Waals surface area contributed by atoms with E-state index in [9.17, 15) is 4.79 Å². The lowest BCUT2D eigenvalue weighted by atomic mass is 10.0. The number of rotatable bonds is 3. The van der Waals surface area contributed by atoms with E-state index in [0.29, 0.717) is 12.6 Å². The quantitative estimate of drug-likeness (QED) is 0.820. The zero-order valence-electron chi connectivity index (χ0n) is 10.6. The first-order valence-electron chi connectivity index (χ1n) is 6.52. The van der Waals surface area contributed by atoms with Crippen molar-refractivity contribution in [3.63, 3.8) is 0 Å². The van der Waals surface area contributed by atoms with Crippen molar-refractivity contribution in [1.82, 2.24) is 9.96 Å². The lowest BCUT2D eigenvalue weighted by Crippen LogP contribution is -2.37. The topological polar surface area (TPSA) is 32.8 Å². The predicted molar refractivity (Wildman–Crippen MR) is 67.7 cm³/mol. The van der Waals surface area contributed by atoms with Crippen LogP contribution in [-0.4, -0.2) is 34.6 Å². The zero-order valence-corrected chi connectivity index (χ0v) is 10.6. The molecule has 2 heterocycles. The van der Waals surface area contributed by atoms with E-state index in [4.69, 9.17) is 4.84 Å². The van der Waals surface area contributed by atoms with Crippen LogP contribution in [0.4, 0.5) is 4.79 Å². The molecule has 2 saturated heterocycles. The molecule has 3 rings (SSSR count). The summed E-state index contributed by atoms with van der Waals surface area (Å²) in [4.78, 5) is 19.8. The maximum Gasteiger partial charge on any atom is 0.344 e. The lowest BCUT2D eigenvalue weighted by Gasteiger charge is -2.27. The SMILES string of the molecule is CC1CCC2CN1C(=O)N2OCc1ccccc1. The first kappa shape index (κ1) is 11.5. The minimum atomic E-state index is 0.0286. The van der Waals surface area contributed by atoms with E-state index in [-0.39, 0.29) is 12.1 Å². The van der Waals surface area contributed by atoms with Gasteiger partial charge in [0, 0.05) is 12.6 Å². The van der Waals surface area contributed by atoms with E-state index in [1.54, 1.807) is 5.06 Å². The Morgan fingerprint density at radius 3 is 2.78 bits per heavy atom. The summed E-state index contributed by atoms with van der Waals surface area (Å²) in [6.07, 6.45) is 2.11. The Bertz CT molecular complexity index is 435. The summed E-state index contributed by atoms with van der Waals surface area (Å²) < 4.78 is 0. The van der Waals surface area contributed by atoms with Gasteiger partial charge >= 0.3 is 6.03 Å². The monoisotopic (exact) mass is 246 g/mol. The first-order valence-corrected chi connectivity index (χ1v) is 6.52. The van der Waals surface area contributed by atoms with E-state index in [2.05, 4.69) is 6.92 Å². The third-order valence-corrected chi connectivity index (χ3v) is 3.84. The van der Waals surface area contributed by atoms with Crippen LogP contribution in [0.25, 0.3) is 0 Å². The van der Waals surface area contributed by atoms with Crippen molar-refractivity contribution in [1.29, 1.82) is 0 Å². The Labute approximate surface area is 107 Å². The number of carbonyl (C=O) groups is 1. The third-order valence-electron chi connectivity index (χ3n) is 3.84. The number of nitrogens with zero attached hydrogens (tertiary/aromatic N) is 2. The van der Waals surface area contributed by atoms with Gasteiger partial charge in [-0.2, -0.15) is 5.06 Å². The maximum atomic E-state index is 12.1. The summed E-state index contributed by atoms with van der Waals surface area (Å²) in [5.41, 5.74) is 1.09. The second kappa shape index (κ2) is 4.61. The molecule has 2 aliphatic heterocycles. The van der Waals surface area contributed by atoms with Crippen LogP contribution >= 0.6 is 0 Å². The molecule has 1 aromatic rings. The van der Waals surface area contributed by atoms with E-state index in [1.165, 1.54) is 0 Å². The molecule has 4 heteroatoms. The van der Waals surface area contributed by atoms with Crippen molar-refractivity contribution >= 4 is 6.03 Å². The fraction of sp³-hybridized carbons (Fsp3) is 0.500. The highest BCUT2D eigenvalue weighted by molar-refractivity contribution is 5.76. The van der Waals surface area contributed by atoms with Crippen LogP contribution in [0.2, 0.25) is 0 Å². The largest absolute Gasteiger partial charge is 0.344 e. The van der Waals surface area contributed by atoms with Crippen molar-refractivity contribution in [3.8, 4) is 0 Å². The smallest absolute Gasteiger partial charge is 0.318 e. The van der Waals surface area contributed by atoms with Gasteiger partial charge in [-0.05, 0) is 25.3 Å². The van der Waals surface area contributed by atoms with Crippen molar-refractivity contribution in [3.05, 3.63) is 35.9 Å².